The maximum absolute atomic E-state index is 4.87. The summed E-state index contributed by atoms with van der Waals surface area (Å²) in [6, 6.07) is 2.13. The molecule has 0 saturated carbocycles. The largest absolute Gasteiger partial charge is 0.354 e. The van der Waals surface area contributed by atoms with Crippen LogP contribution < -0.4 is 9.80 Å². The molecular weight excluding hydrogens is 262 g/mol. The molecule has 2 fully saturated rings. The zero-order valence-electron chi connectivity index (χ0n) is 13.4. The van der Waals surface area contributed by atoms with Crippen LogP contribution in [0.5, 0.6) is 0 Å². The summed E-state index contributed by atoms with van der Waals surface area (Å²) >= 11 is 0. The Morgan fingerprint density at radius 3 is 2.14 bits per heavy atom. The van der Waals surface area contributed by atoms with Crippen LogP contribution in [0, 0.1) is 6.92 Å². The van der Waals surface area contributed by atoms with Crippen LogP contribution in [0.15, 0.2) is 6.07 Å². The fourth-order valence-electron chi connectivity index (χ4n) is 3.15. The summed E-state index contributed by atoms with van der Waals surface area (Å²) in [5.41, 5.74) is 1.08. The quantitative estimate of drug-likeness (QED) is 0.831. The smallest absolute Gasteiger partial charge is 0.227 e. The number of aryl methyl sites for hydroxylation is 1. The van der Waals surface area contributed by atoms with Crippen LogP contribution in [0.1, 0.15) is 31.4 Å². The van der Waals surface area contributed by atoms with Crippen LogP contribution in [0.2, 0.25) is 0 Å². The highest BCUT2D eigenvalue weighted by molar-refractivity contribution is 5.46. The Labute approximate surface area is 128 Å². The number of aromatic nitrogens is 2. The van der Waals surface area contributed by atoms with E-state index in [2.05, 4.69) is 39.7 Å². The third-order valence-corrected chi connectivity index (χ3v) is 4.55. The van der Waals surface area contributed by atoms with Crippen molar-refractivity contribution in [2.24, 2.45) is 0 Å². The van der Waals surface area contributed by atoms with Gasteiger partial charge in [0, 0.05) is 51.0 Å². The molecule has 116 valence electrons. The number of anilines is 2. The molecule has 0 aromatic carbocycles. The molecule has 1 aromatic heterocycles. The van der Waals surface area contributed by atoms with E-state index in [0.717, 1.165) is 56.7 Å². The Kier molecular flexibility index (Phi) is 4.58. The lowest BCUT2D eigenvalue weighted by atomic mass is 10.2. The molecule has 2 aliphatic heterocycles. The molecule has 0 aliphatic carbocycles. The molecule has 0 radical (unpaired) electrons. The van der Waals surface area contributed by atoms with Gasteiger partial charge in [-0.15, -0.1) is 0 Å². The van der Waals surface area contributed by atoms with Crippen molar-refractivity contribution in [3.05, 3.63) is 11.8 Å². The van der Waals surface area contributed by atoms with Gasteiger partial charge in [0.05, 0.1) is 0 Å². The third kappa shape index (κ3) is 3.64. The summed E-state index contributed by atoms with van der Waals surface area (Å²) in [4.78, 5) is 16.7. The van der Waals surface area contributed by atoms with Crippen LogP contribution in [0.25, 0.3) is 0 Å². The van der Waals surface area contributed by atoms with E-state index in [1.165, 1.54) is 25.7 Å². The molecular formula is C16H27N5. The molecule has 2 aliphatic rings. The van der Waals surface area contributed by atoms with Gasteiger partial charge in [0.1, 0.15) is 5.82 Å². The average molecular weight is 289 g/mol. The molecule has 0 atom stereocenters. The van der Waals surface area contributed by atoms with Crippen molar-refractivity contribution in [3.63, 3.8) is 0 Å². The number of hydrogen-bond donors (Lipinski definition) is 0. The fraction of sp³-hybridized carbons (Fsp3) is 0.750. The number of nitrogens with zero attached hydrogens (tertiary/aromatic N) is 5. The second kappa shape index (κ2) is 6.60. The summed E-state index contributed by atoms with van der Waals surface area (Å²) in [5.74, 6) is 2.04. The first-order valence-corrected chi connectivity index (χ1v) is 8.26. The van der Waals surface area contributed by atoms with Crippen molar-refractivity contribution < 1.29 is 0 Å². The minimum atomic E-state index is 0.936. The van der Waals surface area contributed by atoms with Crippen molar-refractivity contribution in [1.82, 2.24) is 14.9 Å². The van der Waals surface area contributed by atoms with Crippen molar-refractivity contribution >= 4 is 11.8 Å². The van der Waals surface area contributed by atoms with E-state index in [1.807, 2.05) is 0 Å². The van der Waals surface area contributed by atoms with E-state index >= 15 is 0 Å². The van der Waals surface area contributed by atoms with E-state index in [9.17, 15) is 0 Å². The van der Waals surface area contributed by atoms with Gasteiger partial charge in [0.25, 0.3) is 0 Å². The molecule has 3 rings (SSSR count). The molecule has 0 amide bonds. The second-order valence-corrected chi connectivity index (χ2v) is 6.36. The van der Waals surface area contributed by atoms with Crippen molar-refractivity contribution in [1.29, 1.82) is 0 Å². The van der Waals surface area contributed by atoms with Gasteiger partial charge < -0.3 is 14.7 Å². The summed E-state index contributed by atoms with van der Waals surface area (Å²) in [5, 5.41) is 0. The predicted octanol–water partition coefficient (Wildman–Crippen LogP) is 1.92. The Morgan fingerprint density at radius 1 is 0.810 bits per heavy atom. The van der Waals surface area contributed by atoms with Crippen LogP contribution in [-0.2, 0) is 0 Å². The van der Waals surface area contributed by atoms with Gasteiger partial charge >= 0.3 is 0 Å². The maximum Gasteiger partial charge on any atom is 0.227 e. The van der Waals surface area contributed by atoms with Gasteiger partial charge in [-0.05, 0) is 26.8 Å². The van der Waals surface area contributed by atoms with Crippen molar-refractivity contribution in [2.75, 3.05) is 56.1 Å². The molecule has 3 heterocycles. The predicted molar refractivity (Wildman–Crippen MR) is 87.2 cm³/mol. The first kappa shape index (κ1) is 14.6. The number of likely N-dealkylation sites (N-methyl/N-ethyl adjacent to an activating group) is 1. The summed E-state index contributed by atoms with van der Waals surface area (Å²) in [6.07, 6.45) is 5.21. The van der Waals surface area contributed by atoms with Gasteiger partial charge in [0.2, 0.25) is 5.95 Å². The summed E-state index contributed by atoms with van der Waals surface area (Å²) in [7, 11) is 2.19. The van der Waals surface area contributed by atoms with E-state index in [-0.39, 0.29) is 0 Å². The SMILES string of the molecule is Cc1cc(N2CCN(C)CC2)nc(N2CCCCCC2)n1. The lowest BCUT2D eigenvalue weighted by Crippen LogP contribution is -2.45. The fourth-order valence-corrected chi connectivity index (χ4v) is 3.15. The lowest BCUT2D eigenvalue weighted by molar-refractivity contribution is 0.312. The molecule has 0 N–H and O–H groups in total. The molecule has 0 bridgehead atoms. The third-order valence-electron chi connectivity index (χ3n) is 4.55. The first-order valence-electron chi connectivity index (χ1n) is 8.26. The lowest BCUT2D eigenvalue weighted by Gasteiger charge is -2.33. The Bertz CT molecular complexity index is 460. The normalized spacial score (nSPS) is 21.4. The molecule has 21 heavy (non-hydrogen) atoms. The van der Waals surface area contributed by atoms with E-state index in [4.69, 9.17) is 4.98 Å². The maximum atomic E-state index is 4.87. The molecule has 0 unspecified atom stereocenters. The average Bonchev–Trinajstić information content (AvgIpc) is 2.76. The highest BCUT2D eigenvalue weighted by atomic mass is 15.3. The summed E-state index contributed by atoms with van der Waals surface area (Å²) < 4.78 is 0. The van der Waals surface area contributed by atoms with Crippen LogP contribution >= 0.6 is 0 Å². The summed E-state index contributed by atoms with van der Waals surface area (Å²) in [6.45, 7) is 8.64. The standard InChI is InChI=1S/C16H27N5/c1-14-13-15(20-11-9-19(2)10-12-20)18-16(17-14)21-7-5-3-4-6-8-21/h13H,3-12H2,1-2H3. The molecule has 5 nitrogen and oxygen atoms in total. The minimum Gasteiger partial charge on any atom is -0.354 e. The van der Waals surface area contributed by atoms with E-state index < -0.39 is 0 Å². The highest BCUT2D eigenvalue weighted by Crippen LogP contribution is 2.21. The second-order valence-electron chi connectivity index (χ2n) is 6.36. The van der Waals surface area contributed by atoms with Gasteiger partial charge in [-0.25, -0.2) is 4.98 Å². The molecule has 1 aromatic rings. The van der Waals surface area contributed by atoms with Gasteiger partial charge in [-0.1, -0.05) is 12.8 Å². The van der Waals surface area contributed by atoms with Crippen LogP contribution in [-0.4, -0.2) is 61.2 Å². The van der Waals surface area contributed by atoms with Crippen LogP contribution in [0.4, 0.5) is 11.8 Å². The number of rotatable bonds is 2. The van der Waals surface area contributed by atoms with Gasteiger partial charge in [-0.2, -0.15) is 4.98 Å². The van der Waals surface area contributed by atoms with Crippen LogP contribution in [0.3, 0.4) is 0 Å². The van der Waals surface area contributed by atoms with Gasteiger partial charge in [0.15, 0.2) is 0 Å². The van der Waals surface area contributed by atoms with Gasteiger partial charge in [-0.3, -0.25) is 0 Å². The Morgan fingerprint density at radius 2 is 1.48 bits per heavy atom. The van der Waals surface area contributed by atoms with Crippen molar-refractivity contribution in [3.8, 4) is 0 Å². The zero-order chi connectivity index (χ0) is 14.7. The minimum absolute atomic E-state index is 0.936. The first-order chi connectivity index (χ1) is 10.2. The van der Waals surface area contributed by atoms with E-state index in [0.29, 0.717) is 0 Å². The number of piperazine rings is 1. The highest BCUT2D eigenvalue weighted by Gasteiger charge is 2.19. The Balaban J connectivity index is 1.78. The van der Waals surface area contributed by atoms with E-state index in [1.54, 1.807) is 0 Å². The van der Waals surface area contributed by atoms with Crippen molar-refractivity contribution in [2.45, 2.75) is 32.6 Å². The molecule has 2 saturated heterocycles. The number of hydrogen-bond acceptors (Lipinski definition) is 5. The Hall–Kier alpha value is -1.36. The topological polar surface area (TPSA) is 35.5 Å². The molecule has 0 spiro atoms. The molecule has 5 heteroatoms. The monoisotopic (exact) mass is 289 g/mol. The zero-order valence-corrected chi connectivity index (χ0v) is 13.4.